The molecule has 0 unspecified atom stereocenters. The molecule has 0 spiro atoms. The van der Waals surface area contributed by atoms with E-state index in [0.717, 1.165) is 35.1 Å². The van der Waals surface area contributed by atoms with Crippen LogP contribution in [-0.4, -0.2) is 13.4 Å². The fourth-order valence-electron chi connectivity index (χ4n) is 2.96. The quantitative estimate of drug-likeness (QED) is 0.241. The summed E-state index contributed by atoms with van der Waals surface area (Å²) >= 11 is 13.2. The number of hydrogen-bond acceptors (Lipinski definition) is 7. The normalized spacial score (nSPS) is 11.8. The van der Waals surface area contributed by atoms with Gasteiger partial charge in [0.15, 0.2) is 10.1 Å². The first-order valence-electron chi connectivity index (χ1n) is 9.75. The van der Waals surface area contributed by atoms with E-state index in [9.17, 15) is 17.2 Å². The summed E-state index contributed by atoms with van der Waals surface area (Å²) in [4.78, 5) is 3.89. The molecule has 0 aliphatic heterocycles. The van der Waals surface area contributed by atoms with Gasteiger partial charge in [-0.3, -0.25) is 4.72 Å². The van der Waals surface area contributed by atoms with Crippen LogP contribution in [-0.2, 0) is 10.0 Å². The highest BCUT2D eigenvalue weighted by Crippen LogP contribution is 2.40. The first-order valence-corrected chi connectivity index (χ1v) is 12.8. The van der Waals surface area contributed by atoms with Crippen LogP contribution in [0.5, 0.6) is 0 Å². The Hall–Kier alpha value is -3.12. The molecule has 13 heteroatoms. The van der Waals surface area contributed by atoms with Gasteiger partial charge in [0.1, 0.15) is 23.0 Å². The number of azo groups is 1. The van der Waals surface area contributed by atoms with Gasteiger partial charge in [-0.2, -0.15) is 0 Å². The molecule has 7 nitrogen and oxygen atoms in total. The molecule has 0 fully saturated rings. The number of hydrogen-bond donors (Lipinski definition) is 2. The summed E-state index contributed by atoms with van der Waals surface area (Å²) in [5.41, 5.74) is 6.69. The average molecular weight is 554 g/mol. The van der Waals surface area contributed by atoms with Crippen LogP contribution in [0.4, 0.5) is 30.3 Å². The van der Waals surface area contributed by atoms with Gasteiger partial charge < -0.3 is 5.73 Å². The number of sulfonamides is 1. The van der Waals surface area contributed by atoms with Crippen LogP contribution in [0, 0.1) is 18.6 Å². The maximum atomic E-state index is 14.3. The van der Waals surface area contributed by atoms with Crippen molar-refractivity contribution >= 4 is 66.1 Å². The maximum absolute atomic E-state index is 14.3. The molecule has 0 atom stereocenters. The minimum absolute atomic E-state index is 0.00827. The highest BCUT2D eigenvalue weighted by atomic mass is 35.5. The third kappa shape index (κ3) is 5.59. The van der Waals surface area contributed by atoms with Gasteiger partial charge in [0, 0.05) is 10.6 Å². The zero-order valence-electron chi connectivity index (χ0n) is 17.8. The van der Waals surface area contributed by atoms with Gasteiger partial charge in [-0.05, 0) is 61.0 Å². The Kier molecular flexibility index (Phi) is 7.04. The number of nitrogens with zero attached hydrogens (tertiary/aromatic N) is 3. The summed E-state index contributed by atoms with van der Waals surface area (Å²) in [5.74, 6) is -1.39. The van der Waals surface area contributed by atoms with Crippen molar-refractivity contribution in [2.45, 2.75) is 11.8 Å². The molecule has 1 aromatic heterocycles. The topological polar surface area (TPSA) is 110 Å². The average Bonchev–Trinajstić information content (AvgIpc) is 3.17. The molecule has 180 valence electrons. The van der Waals surface area contributed by atoms with Crippen molar-refractivity contribution in [2.75, 3.05) is 10.5 Å². The van der Waals surface area contributed by atoms with E-state index < -0.39 is 21.7 Å². The van der Waals surface area contributed by atoms with E-state index in [1.54, 1.807) is 19.1 Å². The zero-order chi connectivity index (χ0) is 25.3. The largest absolute Gasteiger partial charge is 0.375 e. The third-order valence-electron chi connectivity index (χ3n) is 4.71. The van der Waals surface area contributed by atoms with Crippen LogP contribution in [0.25, 0.3) is 11.3 Å². The molecule has 1 heterocycles. The van der Waals surface area contributed by atoms with Gasteiger partial charge >= 0.3 is 0 Å². The van der Waals surface area contributed by atoms with Crippen molar-refractivity contribution in [3.63, 3.8) is 0 Å². The standard InChI is InChI=1S/C22H15Cl2F2N5O2S2/c1-11-2-4-13(9-17(11)24)31-35(32,33)14-5-6-16(23)19(10-14)29-30-21-20(28-22(27)34-21)15-8-12(25)3-7-18(15)26/h2-10,31H,1H3,(H2,27,28). The second-order valence-corrected chi connectivity index (χ2v) is 10.7. The molecule has 0 aliphatic rings. The van der Waals surface area contributed by atoms with E-state index in [-0.39, 0.29) is 42.7 Å². The molecule has 35 heavy (non-hydrogen) atoms. The number of nitrogens with two attached hydrogens (primary N) is 1. The number of aromatic nitrogens is 1. The summed E-state index contributed by atoms with van der Waals surface area (Å²) in [6, 6.07) is 11.5. The Balaban J connectivity index is 1.67. The van der Waals surface area contributed by atoms with Crippen molar-refractivity contribution in [1.29, 1.82) is 0 Å². The molecule has 3 aromatic carbocycles. The number of rotatable bonds is 6. The molecule has 0 aliphatic carbocycles. The molecule has 0 amide bonds. The number of aryl methyl sites for hydroxylation is 1. The maximum Gasteiger partial charge on any atom is 0.261 e. The summed E-state index contributed by atoms with van der Waals surface area (Å²) < 4.78 is 56.1. The number of anilines is 2. The predicted octanol–water partition coefficient (Wildman–Crippen LogP) is 7.50. The van der Waals surface area contributed by atoms with Crippen LogP contribution < -0.4 is 10.5 Å². The fraction of sp³-hybridized carbons (Fsp3) is 0.0455. The van der Waals surface area contributed by atoms with E-state index in [2.05, 4.69) is 19.9 Å². The zero-order valence-corrected chi connectivity index (χ0v) is 20.9. The van der Waals surface area contributed by atoms with Gasteiger partial charge in [-0.1, -0.05) is 40.6 Å². The first-order chi connectivity index (χ1) is 16.5. The second kappa shape index (κ2) is 9.86. The van der Waals surface area contributed by atoms with E-state index in [1.165, 1.54) is 24.3 Å². The fourth-order valence-corrected chi connectivity index (χ4v) is 5.03. The van der Waals surface area contributed by atoms with Crippen molar-refractivity contribution in [2.24, 2.45) is 10.2 Å². The van der Waals surface area contributed by atoms with Gasteiger partial charge in [-0.25, -0.2) is 22.2 Å². The highest BCUT2D eigenvalue weighted by molar-refractivity contribution is 7.92. The molecule has 0 bridgehead atoms. The Morgan fingerprint density at radius 1 is 1.00 bits per heavy atom. The Morgan fingerprint density at radius 2 is 1.77 bits per heavy atom. The molecule has 3 N–H and O–H groups in total. The summed E-state index contributed by atoms with van der Waals surface area (Å²) in [7, 11) is -4.01. The smallest absolute Gasteiger partial charge is 0.261 e. The first kappa shape index (κ1) is 25.0. The van der Waals surface area contributed by atoms with Crippen LogP contribution in [0.2, 0.25) is 10.0 Å². The predicted molar refractivity (Wildman–Crippen MR) is 135 cm³/mol. The highest BCUT2D eigenvalue weighted by Gasteiger charge is 2.19. The van der Waals surface area contributed by atoms with E-state index >= 15 is 0 Å². The Bertz CT molecular complexity index is 1580. The molecule has 0 saturated heterocycles. The minimum Gasteiger partial charge on any atom is -0.375 e. The Morgan fingerprint density at radius 3 is 2.51 bits per heavy atom. The lowest BCUT2D eigenvalue weighted by atomic mass is 10.1. The molecule has 0 radical (unpaired) electrons. The lowest BCUT2D eigenvalue weighted by Crippen LogP contribution is -2.12. The van der Waals surface area contributed by atoms with Gasteiger partial charge in [0.2, 0.25) is 0 Å². The molecule has 4 rings (SSSR count). The number of nitrogen functional groups attached to an aromatic ring is 1. The van der Waals surface area contributed by atoms with Crippen molar-refractivity contribution in [3.05, 3.63) is 81.8 Å². The summed E-state index contributed by atoms with van der Waals surface area (Å²) in [6.07, 6.45) is 0. The molecular weight excluding hydrogens is 539 g/mol. The molecule has 0 saturated carbocycles. The SMILES string of the molecule is Cc1ccc(NS(=O)(=O)c2ccc(Cl)c(N=Nc3sc(N)nc3-c3cc(F)ccc3F)c2)cc1Cl. The van der Waals surface area contributed by atoms with Crippen molar-refractivity contribution in [1.82, 2.24) is 4.98 Å². The van der Waals surface area contributed by atoms with Gasteiger partial charge in [0.05, 0.1) is 15.6 Å². The van der Waals surface area contributed by atoms with Crippen LogP contribution >= 0.6 is 34.5 Å². The lowest BCUT2D eigenvalue weighted by molar-refractivity contribution is 0.601. The molecule has 4 aromatic rings. The summed E-state index contributed by atoms with van der Waals surface area (Å²) in [6.45, 7) is 1.79. The van der Waals surface area contributed by atoms with Crippen LogP contribution in [0.3, 0.4) is 0 Å². The second-order valence-electron chi connectivity index (χ2n) is 7.21. The van der Waals surface area contributed by atoms with E-state index in [4.69, 9.17) is 28.9 Å². The van der Waals surface area contributed by atoms with E-state index in [0.29, 0.717) is 5.02 Å². The number of halogens is 4. The monoisotopic (exact) mass is 553 g/mol. The van der Waals surface area contributed by atoms with Gasteiger partial charge in [0.25, 0.3) is 10.0 Å². The van der Waals surface area contributed by atoms with Crippen molar-refractivity contribution < 1.29 is 17.2 Å². The minimum atomic E-state index is -4.01. The van der Waals surface area contributed by atoms with Crippen LogP contribution in [0.1, 0.15) is 5.56 Å². The summed E-state index contributed by atoms with van der Waals surface area (Å²) in [5, 5.41) is 8.71. The number of benzene rings is 3. The lowest BCUT2D eigenvalue weighted by Gasteiger charge is -2.10. The number of nitrogens with one attached hydrogen (secondary N) is 1. The van der Waals surface area contributed by atoms with Crippen molar-refractivity contribution in [3.8, 4) is 11.3 Å². The van der Waals surface area contributed by atoms with E-state index in [1.807, 2.05) is 0 Å². The van der Waals surface area contributed by atoms with Crippen LogP contribution in [0.15, 0.2) is 69.7 Å². The van der Waals surface area contributed by atoms with Gasteiger partial charge in [-0.15, -0.1) is 10.2 Å². The third-order valence-corrected chi connectivity index (χ3v) is 7.58. The molecular formula is C22H15Cl2F2N5O2S2. The Labute approximate surface area is 213 Å². The number of thiazole rings is 1.